The van der Waals surface area contributed by atoms with Gasteiger partial charge in [0.15, 0.2) is 0 Å². The molecule has 2 aromatic rings. The van der Waals surface area contributed by atoms with Gasteiger partial charge in [0.1, 0.15) is 11.5 Å². The molecule has 0 unspecified atom stereocenters. The van der Waals surface area contributed by atoms with Crippen LogP contribution in [0.1, 0.15) is 5.56 Å². The second kappa shape index (κ2) is 7.55. The number of anilines is 1. The summed E-state index contributed by atoms with van der Waals surface area (Å²) in [6.45, 7) is 0. The van der Waals surface area contributed by atoms with Gasteiger partial charge in [0.2, 0.25) is 0 Å². The molecule has 0 saturated carbocycles. The summed E-state index contributed by atoms with van der Waals surface area (Å²) in [4.78, 5) is 33.3. The Balaban J connectivity index is 1.96. The smallest absolute Gasteiger partial charge is 0.329 e. The number of hydrazone groups is 1. The van der Waals surface area contributed by atoms with Crippen molar-refractivity contribution in [1.29, 1.82) is 0 Å². The van der Waals surface area contributed by atoms with E-state index in [1.54, 1.807) is 0 Å². The van der Waals surface area contributed by atoms with E-state index in [0.29, 0.717) is 0 Å². The van der Waals surface area contributed by atoms with Crippen molar-refractivity contribution < 1.29 is 24.7 Å². The Morgan fingerprint density at radius 3 is 2.56 bits per heavy atom. The Labute approximate surface area is 140 Å². The van der Waals surface area contributed by atoms with Crippen molar-refractivity contribution >= 4 is 29.4 Å². The number of nitrogens with one attached hydrogen (secondary N) is 2. The van der Waals surface area contributed by atoms with Crippen LogP contribution in [0.2, 0.25) is 0 Å². The largest absolute Gasteiger partial charge is 0.508 e. The Morgan fingerprint density at radius 2 is 1.88 bits per heavy atom. The summed E-state index contributed by atoms with van der Waals surface area (Å²) in [6.07, 6.45) is 1.08. The number of nitro benzene ring substituents is 1. The second-order valence-electron chi connectivity index (χ2n) is 4.70. The molecule has 10 nitrogen and oxygen atoms in total. The highest BCUT2D eigenvalue weighted by Crippen LogP contribution is 2.20. The highest BCUT2D eigenvalue weighted by Gasteiger charge is 2.14. The molecule has 0 bridgehead atoms. The number of rotatable bonds is 4. The van der Waals surface area contributed by atoms with Crippen molar-refractivity contribution in [3.05, 3.63) is 58.1 Å². The molecule has 2 amide bonds. The molecule has 4 N–H and O–H groups in total. The van der Waals surface area contributed by atoms with Gasteiger partial charge < -0.3 is 15.5 Å². The Kier molecular flexibility index (Phi) is 5.25. The monoisotopic (exact) mass is 344 g/mol. The van der Waals surface area contributed by atoms with Gasteiger partial charge in [0, 0.05) is 29.4 Å². The van der Waals surface area contributed by atoms with E-state index in [-0.39, 0.29) is 28.4 Å². The van der Waals surface area contributed by atoms with Gasteiger partial charge in [-0.25, -0.2) is 5.43 Å². The average Bonchev–Trinajstić information content (AvgIpc) is 2.56. The predicted octanol–water partition coefficient (Wildman–Crippen LogP) is 1.09. The van der Waals surface area contributed by atoms with Crippen LogP contribution in [0.25, 0.3) is 0 Å². The molecule has 0 aliphatic carbocycles. The third-order valence-corrected chi connectivity index (χ3v) is 2.90. The molecule has 0 atom stereocenters. The molecule has 0 aliphatic rings. The van der Waals surface area contributed by atoms with Crippen molar-refractivity contribution in [2.75, 3.05) is 5.32 Å². The molecule has 0 fully saturated rings. The summed E-state index contributed by atoms with van der Waals surface area (Å²) in [5.74, 6) is -2.59. The van der Waals surface area contributed by atoms with Crippen LogP contribution >= 0.6 is 0 Å². The highest BCUT2D eigenvalue weighted by molar-refractivity contribution is 6.39. The summed E-state index contributed by atoms with van der Waals surface area (Å²) in [5, 5.41) is 35.0. The van der Waals surface area contributed by atoms with Crippen LogP contribution in [0.4, 0.5) is 11.4 Å². The second-order valence-corrected chi connectivity index (χ2v) is 4.70. The summed E-state index contributed by atoms with van der Waals surface area (Å²) in [7, 11) is 0. The zero-order chi connectivity index (χ0) is 18.4. The quantitative estimate of drug-likeness (QED) is 0.282. The number of phenolic OH excluding ortho intramolecular Hbond substituents is 2. The van der Waals surface area contributed by atoms with Crippen LogP contribution in [0, 0.1) is 10.1 Å². The number of carbonyl (C=O) groups excluding carboxylic acids is 2. The van der Waals surface area contributed by atoms with Gasteiger partial charge in [-0.1, -0.05) is 6.07 Å². The molecule has 0 heterocycles. The third kappa shape index (κ3) is 4.76. The van der Waals surface area contributed by atoms with Crippen molar-refractivity contribution in [2.24, 2.45) is 5.10 Å². The highest BCUT2D eigenvalue weighted by atomic mass is 16.6. The molecule has 128 valence electrons. The zero-order valence-corrected chi connectivity index (χ0v) is 12.5. The summed E-state index contributed by atoms with van der Waals surface area (Å²) < 4.78 is 0. The summed E-state index contributed by atoms with van der Waals surface area (Å²) in [6, 6.07) is 8.82. The molecule has 10 heteroatoms. The Bertz CT molecular complexity index is 865. The van der Waals surface area contributed by atoms with E-state index >= 15 is 0 Å². The normalized spacial score (nSPS) is 10.4. The number of carbonyl (C=O) groups is 2. The number of non-ortho nitro benzene ring substituents is 1. The van der Waals surface area contributed by atoms with Crippen LogP contribution in [0.5, 0.6) is 11.5 Å². The average molecular weight is 344 g/mol. The topological polar surface area (TPSA) is 154 Å². The molecular formula is C15H12N4O6. The van der Waals surface area contributed by atoms with Gasteiger partial charge in [-0.2, -0.15) is 5.10 Å². The maximum absolute atomic E-state index is 11.7. The van der Waals surface area contributed by atoms with Crippen LogP contribution in [0.15, 0.2) is 47.6 Å². The minimum atomic E-state index is -1.11. The van der Waals surface area contributed by atoms with Crippen LogP contribution < -0.4 is 10.7 Å². The lowest BCUT2D eigenvalue weighted by Crippen LogP contribution is -2.32. The third-order valence-electron chi connectivity index (χ3n) is 2.90. The van der Waals surface area contributed by atoms with Gasteiger partial charge >= 0.3 is 11.8 Å². The number of aromatic hydroxyl groups is 2. The molecule has 0 radical (unpaired) electrons. The van der Waals surface area contributed by atoms with E-state index in [2.05, 4.69) is 10.4 Å². The fourth-order valence-corrected chi connectivity index (χ4v) is 1.74. The number of hydrogen-bond acceptors (Lipinski definition) is 7. The number of amides is 2. The molecule has 0 aliphatic heterocycles. The van der Waals surface area contributed by atoms with Gasteiger partial charge in [-0.15, -0.1) is 0 Å². The van der Waals surface area contributed by atoms with Gasteiger partial charge in [-0.3, -0.25) is 19.7 Å². The first-order chi connectivity index (χ1) is 11.9. The number of benzene rings is 2. The fraction of sp³-hybridized carbons (Fsp3) is 0. The van der Waals surface area contributed by atoms with Crippen molar-refractivity contribution in [1.82, 2.24) is 5.43 Å². The van der Waals surface area contributed by atoms with E-state index in [1.807, 2.05) is 5.43 Å². The van der Waals surface area contributed by atoms with Gasteiger partial charge in [-0.05, 0) is 18.2 Å². The molecule has 0 spiro atoms. The number of phenols is 2. The van der Waals surface area contributed by atoms with Crippen molar-refractivity contribution in [2.45, 2.75) is 0 Å². The van der Waals surface area contributed by atoms with E-state index in [9.17, 15) is 24.8 Å². The molecular weight excluding hydrogens is 332 g/mol. The molecule has 2 aromatic carbocycles. The first-order valence-electron chi connectivity index (χ1n) is 6.77. The minimum absolute atomic E-state index is 0.0782. The van der Waals surface area contributed by atoms with E-state index in [1.165, 1.54) is 30.3 Å². The van der Waals surface area contributed by atoms with Crippen LogP contribution in [-0.2, 0) is 9.59 Å². The van der Waals surface area contributed by atoms with Gasteiger partial charge in [0.05, 0.1) is 11.1 Å². The molecule has 0 aromatic heterocycles. The molecule has 0 saturated heterocycles. The summed E-state index contributed by atoms with van der Waals surface area (Å²) >= 11 is 0. The van der Waals surface area contributed by atoms with Crippen LogP contribution in [-0.4, -0.2) is 33.2 Å². The SMILES string of the molecule is O=C(N/N=C\c1ccc(O)cc1O)C(=O)Nc1cccc([N+](=O)[O-])c1. The first kappa shape index (κ1) is 17.4. The van der Waals surface area contributed by atoms with Crippen LogP contribution in [0.3, 0.4) is 0 Å². The predicted molar refractivity (Wildman–Crippen MR) is 87.2 cm³/mol. The lowest BCUT2D eigenvalue weighted by atomic mass is 10.2. The summed E-state index contributed by atoms with van der Waals surface area (Å²) in [5.41, 5.74) is 1.99. The fourth-order valence-electron chi connectivity index (χ4n) is 1.74. The zero-order valence-electron chi connectivity index (χ0n) is 12.5. The van der Waals surface area contributed by atoms with Gasteiger partial charge in [0.25, 0.3) is 5.69 Å². The molecule has 2 rings (SSSR count). The maximum atomic E-state index is 11.7. The van der Waals surface area contributed by atoms with Crippen molar-refractivity contribution in [3.8, 4) is 11.5 Å². The lowest BCUT2D eigenvalue weighted by Gasteiger charge is -2.04. The van der Waals surface area contributed by atoms with E-state index < -0.39 is 16.7 Å². The minimum Gasteiger partial charge on any atom is -0.508 e. The van der Waals surface area contributed by atoms with E-state index in [4.69, 9.17) is 5.11 Å². The Morgan fingerprint density at radius 1 is 1.12 bits per heavy atom. The number of nitrogens with zero attached hydrogens (tertiary/aromatic N) is 2. The molecule has 25 heavy (non-hydrogen) atoms. The number of nitro groups is 1. The van der Waals surface area contributed by atoms with E-state index in [0.717, 1.165) is 18.3 Å². The van der Waals surface area contributed by atoms with Crippen molar-refractivity contribution in [3.63, 3.8) is 0 Å². The first-order valence-corrected chi connectivity index (χ1v) is 6.77. The maximum Gasteiger partial charge on any atom is 0.329 e. The standard InChI is InChI=1S/C15H12N4O6/c20-12-5-4-9(13(21)7-12)8-16-18-15(23)14(22)17-10-2-1-3-11(6-10)19(24)25/h1-8,20-21H,(H,17,22)(H,18,23)/b16-8-. The lowest BCUT2D eigenvalue weighted by molar-refractivity contribution is -0.384. The number of hydrogen-bond donors (Lipinski definition) is 4. The Hall–Kier alpha value is -3.95.